The molecule has 19 heavy (non-hydrogen) atoms. The van der Waals surface area contributed by atoms with Crippen LogP contribution in [0.4, 0.5) is 0 Å². The minimum absolute atomic E-state index is 0.472. The molecular formula is C14H11BrCl3N. The fourth-order valence-corrected chi connectivity index (χ4v) is 3.86. The Labute approximate surface area is 135 Å². The molecule has 0 saturated carbocycles. The Morgan fingerprint density at radius 3 is 2.47 bits per heavy atom. The Bertz CT molecular complexity index is 670. The van der Waals surface area contributed by atoms with Gasteiger partial charge in [-0.1, -0.05) is 41.2 Å². The van der Waals surface area contributed by atoms with Gasteiger partial charge in [0.2, 0.25) is 0 Å². The van der Waals surface area contributed by atoms with Gasteiger partial charge >= 0.3 is 0 Å². The normalized spacial score (nSPS) is 15.4. The molecule has 0 radical (unpaired) electrons. The van der Waals surface area contributed by atoms with Crippen molar-refractivity contribution in [3.05, 3.63) is 36.9 Å². The van der Waals surface area contributed by atoms with Gasteiger partial charge in [-0.3, -0.25) is 4.98 Å². The molecular weight excluding hydrogens is 368 g/mol. The highest BCUT2D eigenvalue weighted by molar-refractivity contribution is 9.10. The molecule has 1 aliphatic rings. The standard InChI is InChI=1S/C14H11BrCl3N/c15-9-6-8-11(16)7-4-2-1-3-5-10(7)19-14(8)13(18)12(9)17/h6H,1-5H2. The number of rotatable bonds is 0. The zero-order valence-electron chi connectivity index (χ0n) is 10.1. The predicted octanol–water partition coefficient (Wildman–Crippen LogP) is 6.23. The van der Waals surface area contributed by atoms with Gasteiger partial charge in [0.15, 0.2) is 0 Å². The van der Waals surface area contributed by atoms with Crippen LogP contribution in [0.1, 0.15) is 30.5 Å². The topological polar surface area (TPSA) is 12.9 Å². The van der Waals surface area contributed by atoms with Crippen LogP contribution in [-0.2, 0) is 12.8 Å². The Hall–Kier alpha value is -0.0200. The summed E-state index contributed by atoms with van der Waals surface area (Å²) < 4.78 is 0.754. The van der Waals surface area contributed by atoms with Crippen molar-refractivity contribution in [1.82, 2.24) is 4.98 Å². The molecule has 3 rings (SSSR count). The van der Waals surface area contributed by atoms with Crippen LogP contribution >= 0.6 is 50.7 Å². The van der Waals surface area contributed by atoms with E-state index in [1.807, 2.05) is 6.07 Å². The first-order valence-electron chi connectivity index (χ1n) is 6.24. The third-order valence-electron chi connectivity index (χ3n) is 3.57. The van der Waals surface area contributed by atoms with Gasteiger partial charge in [0.25, 0.3) is 0 Å². The van der Waals surface area contributed by atoms with Crippen LogP contribution in [0.2, 0.25) is 15.1 Å². The van der Waals surface area contributed by atoms with Crippen LogP contribution in [0.15, 0.2) is 10.5 Å². The molecule has 0 fully saturated rings. The Morgan fingerprint density at radius 1 is 0.947 bits per heavy atom. The zero-order valence-corrected chi connectivity index (χ0v) is 13.9. The van der Waals surface area contributed by atoms with Gasteiger partial charge in [0.05, 0.1) is 20.6 Å². The summed E-state index contributed by atoms with van der Waals surface area (Å²) in [5, 5.41) is 2.62. The molecule has 5 heteroatoms. The first-order valence-corrected chi connectivity index (χ1v) is 8.16. The van der Waals surface area contributed by atoms with Crippen molar-refractivity contribution in [1.29, 1.82) is 0 Å². The monoisotopic (exact) mass is 377 g/mol. The van der Waals surface area contributed by atoms with E-state index in [-0.39, 0.29) is 0 Å². The molecule has 2 aromatic rings. The largest absolute Gasteiger partial charge is 0.251 e. The summed E-state index contributed by atoms with van der Waals surface area (Å²) in [6.07, 6.45) is 5.51. The molecule has 0 amide bonds. The second kappa shape index (κ2) is 5.40. The number of aromatic nitrogens is 1. The fraction of sp³-hybridized carbons (Fsp3) is 0.357. The van der Waals surface area contributed by atoms with Crippen molar-refractivity contribution < 1.29 is 0 Å². The van der Waals surface area contributed by atoms with E-state index in [2.05, 4.69) is 15.9 Å². The van der Waals surface area contributed by atoms with E-state index in [0.29, 0.717) is 15.6 Å². The molecule has 0 saturated heterocycles. The molecule has 0 spiro atoms. The molecule has 1 aliphatic carbocycles. The lowest BCUT2D eigenvalue weighted by Crippen LogP contribution is -1.99. The van der Waals surface area contributed by atoms with Crippen molar-refractivity contribution >= 4 is 61.6 Å². The van der Waals surface area contributed by atoms with Gasteiger partial charge in [0, 0.05) is 15.6 Å². The molecule has 1 nitrogen and oxygen atoms in total. The molecule has 0 atom stereocenters. The Balaban J connectivity index is 2.37. The molecule has 1 aromatic carbocycles. The van der Waals surface area contributed by atoms with Crippen LogP contribution in [0.5, 0.6) is 0 Å². The van der Waals surface area contributed by atoms with E-state index in [1.54, 1.807) is 0 Å². The summed E-state index contributed by atoms with van der Waals surface area (Å²) in [4.78, 5) is 4.72. The molecule has 0 N–H and O–H groups in total. The van der Waals surface area contributed by atoms with E-state index in [0.717, 1.165) is 39.8 Å². The number of fused-ring (bicyclic) bond motifs is 2. The smallest absolute Gasteiger partial charge is 0.0922 e. The highest BCUT2D eigenvalue weighted by atomic mass is 79.9. The third-order valence-corrected chi connectivity index (χ3v) is 5.72. The first kappa shape index (κ1) is 13.9. The van der Waals surface area contributed by atoms with Crippen LogP contribution < -0.4 is 0 Å². The Kier molecular flexibility index (Phi) is 3.96. The number of aryl methyl sites for hydroxylation is 1. The number of nitrogens with zero attached hydrogens (tertiary/aromatic N) is 1. The van der Waals surface area contributed by atoms with Gasteiger partial charge in [-0.25, -0.2) is 0 Å². The van der Waals surface area contributed by atoms with Crippen molar-refractivity contribution in [2.45, 2.75) is 32.1 Å². The number of hydrogen-bond acceptors (Lipinski definition) is 1. The van der Waals surface area contributed by atoms with Crippen LogP contribution in [0.25, 0.3) is 10.9 Å². The van der Waals surface area contributed by atoms with Crippen molar-refractivity contribution in [2.24, 2.45) is 0 Å². The molecule has 1 aromatic heterocycles. The highest BCUT2D eigenvalue weighted by Crippen LogP contribution is 2.41. The molecule has 0 aliphatic heterocycles. The Morgan fingerprint density at radius 2 is 1.68 bits per heavy atom. The number of pyridine rings is 1. The van der Waals surface area contributed by atoms with E-state index in [1.165, 1.54) is 18.4 Å². The van der Waals surface area contributed by atoms with E-state index in [4.69, 9.17) is 39.8 Å². The maximum Gasteiger partial charge on any atom is 0.0922 e. The summed E-state index contributed by atoms with van der Waals surface area (Å²) in [6, 6.07) is 1.91. The van der Waals surface area contributed by atoms with Gasteiger partial charge in [-0.2, -0.15) is 0 Å². The van der Waals surface area contributed by atoms with Gasteiger partial charge < -0.3 is 0 Å². The summed E-state index contributed by atoms with van der Waals surface area (Å²) in [6.45, 7) is 0. The molecule has 1 heterocycles. The van der Waals surface area contributed by atoms with Gasteiger partial charge in [-0.15, -0.1) is 0 Å². The van der Waals surface area contributed by atoms with E-state index >= 15 is 0 Å². The summed E-state index contributed by atoms with van der Waals surface area (Å²) in [5.41, 5.74) is 2.97. The molecule has 0 unspecified atom stereocenters. The fourth-order valence-electron chi connectivity index (χ4n) is 2.59. The van der Waals surface area contributed by atoms with E-state index < -0.39 is 0 Å². The lowest BCUT2D eigenvalue weighted by molar-refractivity contribution is 0.709. The minimum atomic E-state index is 0.472. The maximum atomic E-state index is 6.57. The highest BCUT2D eigenvalue weighted by Gasteiger charge is 2.19. The summed E-state index contributed by atoms with van der Waals surface area (Å²) in [5.74, 6) is 0. The first-order chi connectivity index (χ1) is 9.09. The lowest BCUT2D eigenvalue weighted by Gasteiger charge is -2.13. The van der Waals surface area contributed by atoms with Gasteiger partial charge in [0.1, 0.15) is 0 Å². The van der Waals surface area contributed by atoms with Crippen LogP contribution in [-0.4, -0.2) is 4.98 Å². The lowest BCUT2D eigenvalue weighted by atomic mass is 10.1. The maximum absolute atomic E-state index is 6.57. The average molecular weight is 380 g/mol. The summed E-state index contributed by atoms with van der Waals surface area (Å²) in [7, 11) is 0. The quantitative estimate of drug-likeness (QED) is 0.391. The van der Waals surface area contributed by atoms with Gasteiger partial charge in [-0.05, 0) is 53.2 Å². The second-order valence-corrected chi connectivity index (χ2v) is 6.78. The number of benzene rings is 1. The van der Waals surface area contributed by atoms with Crippen LogP contribution in [0, 0.1) is 0 Å². The third kappa shape index (κ3) is 2.37. The zero-order chi connectivity index (χ0) is 13.6. The molecule has 0 bridgehead atoms. The summed E-state index contributed by atoms with van der Waals surface area (Å²) >= 11 is 22.4. The predicted molar refractivity (Wildman–Crippen MR) is 85.7 cm³/mol. The number of halogens is 4. The average Bonchev–Trinajstić information content (AvgIpc) is 2.63. The van der Waals surface area contributed by atoms with Crippen molar-refractivity contribution in [3.63, 3.8) is 0 Å². The van der Waals surface area contributed by atoms with Crippen molar-refractivity contribution in [3.8, 4) is 0 Å². The van der Waals surface area contributed by atoms with Crippen LogP contribution in [0.3, 0.4) is 0 Å². The van der Waals surface area contributed by atoms with E-state index in [9.17, 15) is 0 Å². The minimum Gasteiger partial charge on any atom is -0.251 e. The SMILES string of the molecule is Clc1c(Br)cc2c(Cl)c3c(nc2c1Cl)CCCCC3. The number of hydrogen-bond donors (Lipinski definition) is 0. The molecule has 100 valence electrons. The second-order valence-electron chi connectivity index (χ2n) is 4.79. The van der Waals surface area contributed by atoms with Crippen molar-refractivity contribution in [2.75, 3.05) is 0 Å².